The molecule has 9 nitrogen and oxygen atoms in total. The Morgan fingerprint density at radius 3 is 2.47 bits per heavy atom. The van der Waals surface area contributed by atoms with Gasteiger partial charge in [0.15, 0.2) is 5.69 Å². The van der Waals surface area contributed by atoms with Gasteiger partial charge in [-0.2, -0.15) is 9.78 Å². The topological polar surface area (TPSA) is 106 Å². The van der Waals surface area contributed by atoms with Crippen LogP contribution in [0.1, 0.15) is 37.2 Å². The number of methoxy groups -OCH3 is 1. The number of carbonyl (C=O) groups excluding carboxylic acids is 2. The van der Waals surface area contributed by atoms with Gasteiger partial charge >= 0.3 is 0 Å². The van der Waals surface area contributed by atoms with E-state index in [0.29, 0.717) is 45.6 Å². The molecule has 1 fully saturated rings. The molecule has 2 N–H and O–H groups in total. The summed E-state index contributed by atoms with van der Waals surface area (Å²) in [6.45, 7) is 8.04. The van der Waals surface area contributed by atoms with Gasteiger partial charge in [0, 0.05) is 25.0 Å². The van der Waals surface area contributed by atoms with Crippen molar-refractivity contribution in [3.05, 3.63) is 63.5 Å². The molecule has 1 aliphatic rings. The van der Waals surface area contributed by atoms with Crippen molar-refractivity contribution in [2.45, 2.75) is 26.7 Å². The van der Waals surface area contributed by atoms with E-state index >= 15 is 0 Å². The Kier molecular flexibility index (Phi) is 9.01. The number of carbonyl (C=O) groups is 2. The van der Waals surface area contributed by atoms with Crippen LogP contribution in [0.15, 0.2) is 47.3 Å². The van der Waals surface area contributed by atoms with Gasteiger partial charge in [-0.25, -0.2) is 0 Å². The lowest BCUT2D eigenvalue weighted by atomic mass is 9.92. The third-order valence-corrected chi connectivity index (χ3v) is 7.02. The molecule has 3 aromatic rings. The maximum Gasteiger partial charge on any atom is 0.279 e. The van der Waals surface area contributed by atoms with Gasteiger partial charge < -0.3 is 20.3 Å². The molecule has 1 aliphatic heterocycles. The van der Waals surface area contributed by atoms with Gasteiger partial charge in [-0.15, -0.1) is 0 Å². The van der Waals surface area contributed by atoms with E-state index in [4.69, 9.17) is 16.3 Å². The first-order valence-electron chi connectivity index (χ1n) is 12.9. The molecule has 2 heterocycles. The molecule has 4 rings (SSSR count). The SMILES string of the molecule is COc1ccc(-n2nc(C(=O)NCC(=O)NCCCN3C[C@@H](C)C[C@H](C)C3)c3ccccc3c2=O)cc1Cl. The Morgan fingerprint density at radius 2 is 1.79 bits per heavy atom. The smallest absolute Gasteiger partial charge is 0.279 e. The van der Waals surface area contributed by atoms with Crippen molar-refractivity contribution in [3.8, 4) is 11.4 Å². The summed E-state index contributed by atoms with van der Waals surface area (Å²) < 4.78 is 6.31. The molecule has 0 saturated carbocycles. The number of aromatic nitrogens is 2. The van der Waals surface area contributed by atoms with Crippen LogP contribution in [0.4, 0.5) is 0 Å². The van der Waals surface area contributed by atoms with Crippen LogP contribution in [0.5, 0.6) is 5.75 Å². The number of nitrogens with one attached hydrogen (secondary N) is 2. The van der Waals surface area contributed by atoms with Crippen LogP contribution in [-0.4, -0.2) is 66.3 Å². The zero-order valence-corrected chi connectivity index (χ0v) is 22.8. The van der Waals surface area contributed by atoms with Gasteiger partial charge in [-0.05, 0) is 55.5 Å². The summed E-state index contributed by atoms with van der Waals surface area (Å²) in [6, 6.07) is 11.5. The number of halogens is 1. The molecule has 0 spiro atoms. The van der Waals surface area contributed by atoms with Crippen LogP contribution >= 0.6 is 11.6 Å². The molecule has 38 heavy (non-hydrogen) atoms. The number of nitrogens with zero attached hydrogens (tertiary/aromatic N) is 3. The van der Waals surface area contributed by atoms with Crippen LogP contribution in [-0.2, 0) is 4.79 Å². The summed E-state index contributed by atoms with van der Waals surface area (Å²) in [4.78, 5) is 41.1. The summed E-state index contributed by atoms with van der Waals surface area (Å²) in [5, 5.41) is 10.9. The number of fused-ring (bicyclic) bond motifs is 1. The predicted octanol–water partition coefficient (Wildman–Crippen LogP) is 3.26. The molecule has 202 valence electrons. The molecule has 1 aromatic heterocycles. The number of benzene rings is 2. The van der Waals surface area contributed by atoms with Crippen molar-refractivity contribution in [1.29, 1.82) is 0 Å². The predicted molar refractivity (Wildman–Crippen MR) is 148 cm³/mol. The van der Waals surface area contributed by atoms with Crippen LogP contribution < -0.4 is 20.9 Å². The second-order valence-electron chi connectivity index (χ2n) is 10.0. The fraction of sp³-hybridized carbons (Fsp3) is 0.429. The van der Waals surface area contributed by atoms with Crippen molar-refractivity contribution in [3.63, 3.8) is 0 Å². The molecule has 1 saturated heterocycles. The van der Waals surface area contributed by atoms with Crippen molar-refractivity contribution in [2.24, 2.45) is 11.8 Å². The molecule has 2 amide bonds. The lowest BCUT2D eigenvalue weighted by Gasteiger charge is -2.34. The van der Waals surface area contributed by atoms with E-state index in [1.54, 1.807) is 42.5 Å². The molecule has 10 heteroatoms. The number of hydrogen-bond donors (Lipinski definition) is 2. The number of amides is 2. The zero-order valence-electron chi connectivity index (χ0n) is 22.0. The molecular formula is C28H34ClN5O4. The van der Waals surface area contributed by atoms with Gasteiger partial charge in [0.25, 0.3) is 11.5 Å². The highest BCUT2D eigenvalue weighted by Crippen LogP contribution is 2.26. The average molecular weight is 540 g/mol. The molecule has 2 aromatic carbocycles. The van der Waals surface area contributed by atoms with Gasteiger partial charge in [-0.1, -0.05) is 43.6 Å². The Bertz CT molecular complexity index is 1370. The Morgan fingerprint density at radius 1 is 1.08 bits per heavy atom. The number of hydrogen-bond acceptors (Lipinski definition) is 6. The van der Waals surface area contributed by atoms with Gasteiger partial charge in [0.2, 0.25) is 5.91 Å². The normalized spacial score (nSPS) is 17.8. The fourth-order valence-electron chi connectivity index (χ4n) is 5.13. The summed E-state index contributed by atoms with van der Waals surface area (Å²) in [5.41, 5.74) is 0.0257. The van der Waals surface area contributed by atoms with E-state index in [-0.39, 0.29) is 18.1 Å². The second kappa shape index (κ2) is 12.4. The van der Waals surface area contributed by atoms with E-state index < -0.39 is 11.5 Å². The number of rotatable bonds is 9. The first-order chi connectivity index (χ1) is 18.3. The largest absolute Gasteiger partial charge is 0.495 e. The quantitative estimate of drug-likeness (QED) is 0.404. The van der Waals surface area contributed by atoms with E-state index in [2.05, 4.69) is 34.5 Å². The van der Waals surface area contributed by atoms with Crippen LogP contribution in [0.2, 0.25) is 5.02 Å². The molecule has 0 aliphatic carbocycles. The van der Waals surface area contributed by atoms with Crippen molar-refractivity contribution < 1.29 is 14.3 Å². The number of piperidine rings is 1. The number of ether oxygens (including phenoxy) is 1. The zero-order chi connectivity index (χ0) is 27.2. The monoisotopic (exact) mass is 539 g/mol. The van der Waals surface area contributed by atoms with Crippen LogP contribution in [0, 0.1) is 11.8 Å². The van der Waals surface area contributed by atoms with E-state index in [9.17, 15) is 14.4 Å². The summed E-state index contributed by atoms with van der Waals surface area (Å²) in [6.07, 6.45) is 2.11. The van der Waals surface area contributed by atoms with Crippen molar-refractivity contribution in [1.82, 2.24) is 25.3 Å². The lowest BCUT2D eigenvalue weighted by Crippen LogP contribution is -2.41. The molecular weight excluding hydrogens is 506 g/mol. The van der Waals surface area contributed by atoms with Crippen LogP contribution in [0.25, 0.3) is 16.5 Å². The average Bonchev–Trinajstić information content (AvgIpc) is 2.89. The minimum atomic E-state index is -0.555. The second-order valence-corrected chi connectivity index (χ2v) is 10.4. The molecule has 2 atom stereocenters. The highest BCUT2D eigenvalue weighted by Gasteiger charge is 2.21. The third-order valence-electron chi connectivity index (χ3n) is 6.73. The maximum absolute atomic E-state index is 13.2. The molecule has 0 radical (unpaired) electrons. The summed E-state index contributed by atoms with van der Waals surface area (Å²) >= 11 is 6.25. The Labute approximate surface area is 227 Å². The lowest BCUT2D eigenvalue weighted by molar-refractivity contribution is -0.120. The summed E-state index contributed by atoms with van der Waals surface area (Å²) in [7, 11) is 1.50. The van der Waals surface area contributed by atoms with Gasteiger partial charge in [-0.3, -0.25) is 14.4 Å². The maximum atomic E-state index is 13.2. The van der Waals surface area contributed by atoms with Crippen LogP contribution in [0.3, 0.4) is 0 Å². The first kappa shape index (κ1) is 27.6. The third kappa shape index (κ3) is 6.52. The highest BCUT2D eigenvalue weighted by molar-refractivity contribution is 6.32. The molecule has 0 bridgehead atoms. The van der Waals surface area contributed by atoms with E-state index in [1.165, 1.54) is 13.5 Å². The molecule has 0 unspecified atom stereocenters. The standard InChI is InChI=1S/C28H34ClN5O4/c1-18-13-19(2)17-33(16-18)12-6-11-30-25(35)15-31-27(36)26-21-7-4-5-8-22(21)28(37)34(32-26)20-9-10-24(38-3)23(29)14-20/h4-5,7-10,14,18-19H,6,11-13,15-17H2,1-3H3,(H,30,35)(H,31,36)/t18-,19-/m0/s1. The van der Waals surface area contributed by atoms with E-state index in [1.807, 2.05) is 0 Å². The number of likely N-dealkylation sites (tertiary alicyclic amines) is 1. The van der Waals surface area contributed by atoms with Gasteiger partial charge in [0.1, 0.15) is 5.75 Å². The fourth-order valence-corrected chi connectivity index (χ4v) is 5.38. The first-order valence-corrected chi connectivity index (χ1v) is 13.3. The summed E-state index contributed by atoms with van der Waals surface area (Å²) in [5.74, 6) is 1.01. The Hall–Kier alpha value is -3.43. The van der Waals surface area contributed by atoms with Crippen molar-refractivity contribution >= 4 is 34.2 Å². The minimum Gasteiger partial charge on any atom is -0.495 e. The van der Waals surface area contributed by atoms with Gasteiger partial charge in [0.05, 0.1) is 29.8 Å². The van der Waals surface area contributed by atoms with E-state index in [0.717, 1.165) is 30.7 Å². The minimum absolute atomic E-state index is 0.0354. The highest BCUT2D eigenvalue weighted by atomic mass is 35.5. The Balaban J connectivity index is 1.41. The van der Waals surface area contributed by atoms with Crippen molar-refractivity contribution in [2.75, 3.05) is 39.8 Å².